The molecule has 108 valence electrons. The molecule has 2 aliphatic heterocycles. The first kappa shape index (κ1) is 14.2. The van der Waals surface area contributed by atoms with Gasteiger partial charge in [-0.15, -0.1) is 0 Å². The molecule has 0 aliphatic carbocycles. The van der Waals surface area contributed by atoms with Crippen LogP contribution in [0, 0.1) is 0 Å². The summed E-state index contributed by atoms with van der Waals surface area (Å²) in [5, 5.41) is 8.62. The lowest BCUT2D eigenvalue weighted by molar-refractivity contribution is -0.156. The van der Waals surface area contributed by atoms with Crippen molar-refractivity contribution >= 4 is 0 Å². The van der Waals surface area contributed by atoms with Gasteiger partial charge < -0.3 is 15.4 Å². The van der Waals surface area contributed by atoms with Crippen LogP contribution in [-0.2, 0) is 9.57 Å². The Morgan fingerprint density at radius 2 is 2.21 bits per heavy atom. The van der Waals surface area contributed by atoms with Crippen LogP contribution < -0.4 is 10.6 Å². The van der Waals surface area contributed by atoms with E-state index in [9.17, 15) is 0 Å². The second kappa shape index (κ2) is 6.30. The van der Waals surface area contributed by atoms with Gasteiger partial charge in [-0.05, 0) is 32.7 Å². The van der Waals surface area contributed by atoms with E-state index in [4.69, 9.17) is 9.57 Å². The van der Waals surface area contributed by atoms with Gasteiger partial charge in [0.2, 0.25) is 0 Å². The number of allylic oxidation sites excluding steroid dienone is 1. The van der Waals surface area contributed by atoms with E-state index >= 15 is 0 Å². The van der Waals surface area contributed by atoms with Crippen LogP contribution in [0.4, 0.5) is 0 Å². The minimum Gasteiger partial charge on any atom is -0.497 e. The van der Waals surface area contributed by atoms with Crippen molar-refractivity contribution in [3.63, 3.8) is 0 Å². The van der Waals surface area contributed by atoms with E-state index in [-0.39, 0.29) is 6.10 Å². The zero-order valence-corrected chi connectivity index (χ0v) is 12.2. The molecule has 0 spiro atoms. The van der Waals surface area contributed by atoms with Gasteiger partial charge in [0, 0.05) is 25.2 Å². The summed E-state index contributed by atoms with van der Waals surface area (Å²) in [7, 11) is 3.61. The number of ether oxygens (including phenoxy) is 1. The molecule has 0 aromatic heterocycles. The molecule has 2 rings (SSSR count). The zero-order chi connectivity index (χ0) is 13.8. The second-order valence-corrected chi connectivity index (χ2v) is 5.26. The van der Waals surface area contributed by atoms with Crippen LogP contribution in [0.1, 0.15) is 26.2 Å². The summed E-state index contributed by atoms with van der Waals surface area (Å²) >= 11 is 0. The van der Waals surface area contributed by atoms with Crippen molar-refractivity contribution in [1.82, 2.24) is 15.7 Å². The molecule has 2 atom stereocenters. The van der Waals surface area contributed by atoms with E-state index in [0.29, 0.717) is 6.04 Å². The lowest BCUT2D eigenvalue weighted by atomic mass is 10.0. The Labute approximate surface area is 115 Å². The Hall–Kier alpha value is -1.20. The lowest BCUT2D eigenvalue weighted by Gasteiger charge is -2.34. The summed E-state index contributed by atoms with van der Waals surface area (Å²) in [5.74, 6) is 1.70. The SMILES string of the molecule is C=C(OC)C1=C(N(C)O[C@@H]2CCNC2)NC(C)CC1. The molecule has 1 saturated heterocycles. The monoisotopic (exact) mass is 267 g/mol. The molecular weight excluding hydrogens is 242 g/mol. The maximum absolute atomic E-state index is 5.98. The average Bonchev–Trinajstić information content (AvgIpc) is 2.90. The van der Waals surface area contributed by atoms with Crippen molar-refractivity contribution in [2.24, 2.45) is 0 Å². The molecule has 19 heavy (non-hydrogen) atoms. The summed E-state index contributed by atoms with van der Waals surface area (Å²) in [6.07, 6.45) is 3.34. The standard InChI is InChI=1S/C14H25N3O2/c1-10-5-6-13(11(2)18-4)14(16-10)17(3)19-12-7-8-15-9-12/h10,12,15-16H,2,5-9H2,1,3-4H3/t10?,12-/m1/s1. The third-order valence-electron chi connectivity index (χ3n) is 3.72. The number of hydrogen-bond acceptors (Lipinski definition) is 5. The maximum atomic E-state index is 5.98. The van der Waals surface area contributed by atoms with E-state index in [1.807, 2.05) is 12.1 Å². The van der Waals surface area contributed by atoms with Gasteiger partial charge in [0.05, 0.1) is 13.2 Å². The summed E-state index contributed by atoms with van der Waals surface area (Å²) in [6.45, 7) is 8.09. The Morgan fingerprint density at radius 1 is 1.42 bits per heavy atom. The number of nitrogens with zero attached hydrogens (tertiary/aromatic N) is 1. The minimum absolute atomic E-state index is 0.244. The van der Waals surface area contributed by atoms with Crippen molar-refractivity contribution in [3.05, 3.63) is 23.7 Å². The van der Waals surface area contributed by atoms with Crippen LogP contribution in [-0.4, -0.2) is 44.5 Å². The Kier molecular flexibility index (Phi) is 4.71. The number of methoxy groups -OCH3 is 1. The van der Waals surface area contributed by atoms with Crippen LogP contribution in [0.25, 0.3) is 0 Å². The highest BCUT2D eigenvalue weighted by Gasteiger charge is 2.25. The van der Waals surface area contributed by atoms with Crippen LogP contribution in [0.5, 0.6) is 0 Å². The second-order valence-electron chi connectivity index (χ2n) is 5.26. The first-order valence-electron chi connectivity index (χ1n) is 6.96. The molecule has 0 amide bonds. The molecule has 2 heterocycles. The minimum atomic E-state index is 0.244. The average molecular weight is 267 g/mol. The number of rotatable bonds is 5. The highest BCUT2D eigenvalue weighted by molar-refractivity contribution is 5.29. The molecule has 0 saturated carbocycles. The van der Waals surface area contributed by atoms with E-state index in [2.05, 4.69) is 24.1 Å². The van der Waals surface area contributed by atoms with Gasteiger partial charge in [-0.3, -0.25) is 4.84 Å². The predicted molar refractivity (Wildman–Crippen MR) is 75.1 cm³/mol. The third-order valence-corrected chi connectivity index (χ3v) is 3.72. The molecule has 5 nitrogen and oxygen atoms in total. The van der Waals surface area contributed by atoms with Crippen LogP contribution in [0.15, 0.2) is 23.7 Å². The molecule has 1 unspecified atom stereocenters. The molecule has 0 radical (unpaired) electrons. The van der Waals surface area contributed by atoms with Crippen molar-refractivity contribution in [2.45, 2.75) is 38.3 Å². The third kappa shape index (κ3) is 3.42. The van der Waals surface area contributed by atoms with Crippen molar-refractivity contribution < 1.29 is 9.57 Å². The maximum Gasteiger partial charge on any atom is 0.133 e. The highest BCUT2D eigenvalue weighted by Crippen LogP contribution is 2.26. The van der Waals surface area contributed by atoms with Gasteiger partial charge in [-0.1, -0.05) is 6.58 Å². The summed E-state index contributed by atoms with van der Waals surface area (Å²) < 4.78 is 5.29. The zero-order valence-electron chi connectivity index (χ0n) is 12.2. The van der Waals surface area contributed by atoms with Gasteiger partial charge in [0.25, 0.3) is 0 Å². The Morgan fingerprint density at radius 3 is 2.84 bits per heavy atom. The van der Waals surface area contributed by atoms with Gasteiger partial charge in [0.1, 0.15) is 11.6 Å². The number of hydrogen-bond donors (Lipinski definition) is 2. The summed E-state index contributed by atoms with van der Waals surface area (Å²) in [5.41, 5.74) is 1.11. The van der Waals surface area contributed by atoms with Crippen molar-refractivity contribution in [1.29, 1.82) is 0 Å². The largest absolute Gasteiger partial charge is 0.497 e. The Balaban J connectivity index is 2.10. The summed E-state index contributed by atoms with van der Waals surface area (Å²) in [6, 6.07) is 0.441. The highest BCUT2D eigenvalue weighted by atomic mass is 16.7. The molecule has 2 N–H and O–H groups in total. The van der Waals surface area contributed by atoms with E-state index < -0.39 is 0 Å². The summed E-state index contributed by atoms with van der Waals surface area (Å²) in [4.78, 5) is 5.98. The first-order valence-corrected chi connectivity index (χ1v) is 6.96. The first-order chi connectivity index (χ1) is 9.11. The predicted octanol–water partition coefficient (Wildman–Crippen LogP) is 1.36. The fraction of sp³-hybridized carbons (Fsp3) is 0.714. The lowest BCUT2D eigenvalue weighted by Crippen LogP contribution is -2.41. The van der Waals surface area contributed by atoms with Crippen LogP contribution in [0.2, 0.25) is 0 Å². The molecule has 2 aliphatic rings. The molecule has 5 heteroatoms. The topological polar surface area (TPSA) is 45.8 Å². The van der Waals surface area contributed by atoms with Gasteiger partial charge in [-0.25, -0.2) is 5.06 Å². The normalized spacial score (nSPS) is 27.1. The number of nitrogens with one attached hydrogen (secondary N) is 2. The quantitative estimate of drug-likeness (QED) is 0.582. The fourth-order valence-electron chi connectivity index (χ4n) is 2.54. The molecular formula is C14H25N3O2. The van der Waals surface area contributed by atoms with Crippen molar-refractivity contribution in [2.75, 3.05) is 27.2 Å². The fourth-order valence-corrected chi connectivity index (χ4v) is 2.54. The Bertz CT molecular complexity index is 362. The smallest absolute Gasteiger partial charge is 0.133 e. The van der Waals surface area contributed by atoms with Gasteiger partial charge >= 0.3 is 0 Å². The molecule has 0 bridgehead atoms. The van der Waals surface area contributed by atoms with Gasteiger partial charge in [0.15, 0.2) is 0 Å². The van der Waals surface area contributed by atoms with Crippen LogP contribution >= 0.6 is 0 Å². The molecule has 0 aromatic rings. The van der Waals surface area contributed by atoms with Gasteiger partial charge in [-0.2, -0.15) is 0 Å². The molecule has 1 fully saturated rings. The molecule has 0 aromatic carbocycles. The van der Waals surface area contributed by atoms with E-state index in [1.54, 1.807) is 7.11 Å². The van der Waals surface area contributed by atoms with Crippen LogP contribution in [0.3, 0.4) is 0 Å². The van der Waals surface area contributed by atoms with E-state index in [1.165, 1.54) is 0 Å². The van der Waals surface area contributed by atoms with E-state index in [0.717, 1.165) is 49.5 Å². The van der Waals surface area contributed by atoms with Crippen molar-refractivity contribution in [3.8, 4) is 0 Å². The number of hydroxylamine groups is 2.